The highest BCUT2D eigenvalue weighted by Gasteiger charge is 2.20. The lowest BCUT2D eigenvalue weighted by molar-refractivity contribution is 0.318. The van der Waals surface area contributed by atoms with Crippen molar-refractivity contribution in [3.8, 4) is 0 Å². The first kappa shape index (κ1) is 11.8. The van der Waals surface area contributed by atoms with Gasteiger partial charge in [-0.25, -0.2) is 0 Å². The lowest BCUT2D eigenvalue weighted by Gasteiger charge is -2.22. The number of aromatic nitrogens is 1. The van der Waals surface area contributed by atoms with Crippen LogP contribution in [0.3, 0.4) is 0 Å². The van der Waals surface area contributed by atoms with Crippen molar-refractivity contribution in [3.05, 3.63) is 36.0 Å². The van der Waals surface area contributed by atoms with Crippen LogP contribution in [0.5, 0.6) is 0 Å². The van der Waals surface area contributed by atoms with Gasteiger partial charge >= 0.3 is 0 Å². The van der Waals surface area contributed by atoms with Crippen molar-refractivity contribution in [2.24, 2.45) is 10.9 Å². The van der Waals surface area contributed by atoms with Crippen LogP contribution in [0, 0.1) is 0 Å². The second-order valence-electron chi connectivity index (χ2n) is 4.72. The van der Waals surface area contributed by atoms with E-state index < -0.39 is 0 Å². The van der Waals surface area contributed by atoms with Crippen LogP contribution in [0.15, 0.2) is 35.6 Å². The lowest BCUT2D eigenvalue weighted by atomic mass is 10.1. The first-order chi connectivity index (χ1) is 9.31. The van der Waals surface area contributed by atoms with E-state index in [-0.39, 0.29) is 5.84 Å². The molecule has 0 aliphatic carbocycles. The molecule has 0 atom stereocenters. The van der Waals surface area contributed by atoms with Crippen molar-refractivity contribution in [1.82, 2.24) is 4.98 Å². The minimum atomic E-state index is 0.111. The van der Waals surface area contributed by atoms with E-state index in [9.17, 15) is 0 Å². The molecule has 0 radical (unpaired) electrons. The van der Waals surface area contributed by atoms with Crippen LogP contribution in [0.2, 0.25) is 0 Å². The number of hydrogen-bond donors (Lipinski definition) is 2. The highest BCUT2D eigenvalue weighted by atomic mass is 16.4. The Morgan fingerprint density at radius 2 is 2.00 bits per heavy atom. The Balaban J connectivity index is 2.27. The maximum absolute atomic E-state index is 8.94. The third-order valence-corrected chi connectivity index (χ3v) is 3.55. The minimum absolute atomic E-state index is 0.111. The van der Waals surface area contributed by atoms with Gasteiger partial charge in [-0.3, -0.25) is 4.98 Å². The number of anilines is 1. The van der Waals surface area contributed by atoms with Gasteiger partial charge in [0.1, 0.15) is 0 Å². The maximum atomic E-state index is 8.94. The fourth-order valence-corrected chi connectivity index (χ4v) is 2.65. The first-order valence-electron chi connectivity index (χ1n) is 6.42. The van der Waals surface area contributed by atoms with Gasteiger partial charge in [-0.15, -0.1) is 0 Å². The van der Waals surface area contributed by atoms with Crippen molar-refractivity contribution in [1.29, 1.82) is 0 Å². The number of fused-ring (bicyclic) bond motifs is 1. The van der Waals surface area contributed by atoms with Gasteiger partial charge in [0, 0.05) is 24.7 Å². The van der Waals surface area contributed by atoms with Crippen molar-refractivity contribution < 1.29 is 5.21 Å². The Kier molecular flexibility index (Phi) is 2.95. The average Bonchev–Trinajstić information content (AvgIpc) is 2.99. The summed E-state index contributed by atoms with van der Waals surface area (Å²) in [6.45, 7) is 2.00. The van der Waals surface area contributed by atoms with Crippen LogP contribution in [0.4, 0.5) is 5.69 Å². The largest absolute Gasteiger partial charge is 0.409 e. The number of rotatable bonds is 2. The fourth-order valence-electron chi connectivity index (χ4n) is 2.65. The van der Waals surface area contributed by atoms with E-state index in [1.807, 2.05) is 24.3 Å². The van der Waals surface area contributed by atoms with Gasteiger partial charge < -0.3 is 15.8 Å². The van der Waals surface area contributed by atoms with Crippen LogP contribution in [0.1, 0.15) is 18.4 Å². The van der Waals surface area contributed by atoms with Crippen LogP contribution in [-0.2, 0) is 0 Å². The molecule has 0 bridgehead atoms. The summed E-state index contributed by atoms with van der Waals surface area (Å²) >= 11 is 0. The van der Waals surface area contributed by atoms with Gasteiger partial charge in [0.2, 0.25) is 0 Å². The molecule has 0 unspecified atom stereocenters. The highest BCUT2D eigenvalue weighted by molar-refractivity contribution is 6.08. The first-order valence-corrected chi connectivity index (χ1v) is 6.42. The molecule has 2 aromatic rings. The molecule has 19 heavy (non-hydrogen) atoms. The van der Waals surface area contributed by atoms with Crippen molar-refractivity contribution >= 4 is 22.4 Å². The Hall–Kier alpha value is -2.30. The summed E-state index contributed by atoms with van der Waals surface area (Å²) < 4.78 is 0. The standard InChI is InChI=1S/C14H16N4O/c15-14(17-19)11-9-16-12-6-2-1-5-10(12)13(11)18-7-3-4-8-18/h1-2,5-6,9,19H,3-4,7-8H2,(H2,15,17). The van der Waals surface area contributed by atoms with E-state index in [4.69, 9.17) is 10.9 Å². The molecule has 1 aliphatic heterocycles. The average molecular weight is 256 g/mol. The molecule has 3 N–H and O–H groups in total. The van der Waals surface area contributed by atoms with Crippen LogP contribution in [0.25, 0.3) is 10.9 Å². The Bertz CT molecular complexity index is 632. The normalized spacial score (nSPS) is 16.2. The minimum Gasteiger partial charge on any atom is -0.409 e. The second-order valence-corrected chi connectivity index (χ2v) is 4.72. The van der Waals surface area contributed by atoms with Gasteiger partial charge in [0.05, 0.1) is 16.8 Å². The summed E-state index contributed by atoms with van der Waals surface area (Å²) in [6, 6.07) is 7.96. The zero-order valence-electron chi connectivity index (χ0n) is 10.6. The predicted molar refractivity (Wildman–Crippen MR) is 75.7 cm³/mol. The van der Waals surface area contributed by atoms with Crippen molar-refractivity contribution in [2.75, 3.05) is 18.0 Å². The predicted octanol–water partition coefficient (Wildman–Crippen LogP) is 1.93. The molecule has 0 spiro atoms. The van der Waals surface area contributed by atoms with Gasteiger partial charge in [-0.05, 0) is 18.9 Å². The lowest BCUT2D eigenvalue weighted by Crippen LogP contribution is -2.24. The number of nitrogens with two attached hydrogens (primary N) is 1. The summed E-state index contributed by atoms with van der Waals surface area (Å²) in [5.74, 6) is 0.111. The molecule has 5 nitrogen and oxygen atoms in total. The maximum Gasteiger partial charge on any atom is 0.173 e. The number of hydrogen-bond acceptors (Lipinski definition) is 4. The molecule has 1 saturated heterocycles. The van der Waals surface area contributed by atoms with Gasteiger partial charge in [0.15, 0.2) is 5.84 Å². The number of amidine groups is 1. The summed E-state index contributed by atoms with van der Waals surface area (Å²) in [7, 11) is 0. The van der Waals surface area contributed by atoms with Crippen molar-refractivity contribution in [3.63, 3.8) is 0 Å². The molecule has 0 amide bonds. The molecule has 5 heteroatoms. The third-order valence-electron chi connectivity index (χ3n) is 3.55. The van der Waals surface area contributed by atoms with E-state index in [2.05, 4.69) is 15.0 Å². The molecule has 98 valence electrons. The number of benzene rings is 1. The van der Waals surface area contributed by atoms with E-state index in [1.54, 1.807) is 6.20 Å². The summed E-state index contributed by atoms with van der Waals surface area (Å²) in [5, 5.41) is 13.1. The molecule has 1 aliphatic rings. The van der Waals surface area contributed by atoms with E-state index in [0.29, 0.717) is 5.56 Å². The van der Waals surface area contributed by atoms with Crippen LogP contribution in [-0.4, -0.2) is 29.1 Å². The Morgan fingerprint density at radius 3 is 2.74 bits per heavy atom. The Morgan fingerprint density at radius 1 is 1.26 bits per heavy atom. The quantitative estimate of drug-likeness (QED) is 0.372. The van der Waals surface area contributed by atoms with Crippen LogP contribution < -0.4 is 10.6 Å². The third kappa shape index (κ3) is 1.97. The molecule has 1 fully saturated rings. The van der Waals surface area contributed by atoms with Gasteiger partial charge in [0.25, 0.3) is 0 Å². The molecule has 1 aromatic heterocycles. The van der Waals surface area contributed by atoms with E-state index >= 15 is 0 Å². The molecular weight excluding hydrogens is 240 g/mol. The topological polar surface area (TPSA) is 74.7 Å². The zero-order valence-corrected chi connectivity index (χ0v) is 10.6. The highest BCUT2D eigenvalue weighted by Crippen LogP contribution is 2.31. The molecular formula is C14H16N4O. The smallest absolute Gasteiger partial charge is 0.173 e. The second kappa shape index (κ2) is 4.76. The molecule has 1 aromatic carbocycles. The number of pyridine rings is 1. The SMILES string of the molecule is N/C(=N\O)c1cnc2ccccc2c1N1CCCC1. The molecule has 3 rings (SSSR count). The van der Waals surface area contributed by atoms with Gasteiger partial charge in [-0.2, -0.15) is 0 Å². The Labute approximate surface area is 111 Å². The monoisotopic (exact) mass is 256 g/mol. The number of nitrogens with zero attached hydrogens (tertiary/aromatic N) is 3. The summed E-state index contributed by atoms with van der Waals surface area (Å²) in [6.07, 6.45) is 4.03. The molecule has 0 saturated carbocycles. The number of oxime groups is 1. The zero-order chi connectivity index (χ0) is 13.2. The van der Waals surface area contributed by atoms with Crippen LogP contribution >= 0.6 is 0 Å². The molecule has 2 heterocycles. The summed E-state index contributed by atoms with van der Waals surface area (Å²) in [4.78, 5) is 6.67. The van der Waals surface area contributed by atoms with Gasteiger partial charge in [-0.1, -0.05) is 23.4 Å². The summed E-state index contributed by atoms with van der Waals surface area (Å²) in [5.41, 5.74) is 8.44. The van der Waals surface area contributed by atoms with E-state index in [0.717, 1.165) is 29.7 Å². The van der Waals surface area contributed by atoms with E-state index in [1.165, 1.54) is 12.8 Å². The number of para-hydroxylation sites is 1. The fraction of sp³-hybridized carbons (Fsp3) is 0.286. The van der Waals surface area contributed by atoms with Crippen molar-refractivity contribution in [2.45, 2.75) is 12.8 Å².